The monoisotopic (exact) mass is 442 g/mol. The van der Waals surface area contributed by atoms with E-state index in [1.807, 2.05) is 0 Å². The molecule has 0 radical (unpaired) electrons. The number of nitrogens with zero attached hydrogens (tertiary/aromatic N) is 1. The molecule has 1 heterocycles. The molecular formula is C21H16Cl2NZr. The molecule has 0 fully saturated rings. The van der Waals surface area contributed by atoms with E-state index in [1.54, 1.807) is 28.0 Å². The molecule has 0 N–H and O–H groups in total. The van der Waals surface area contributed by atoms with Gasteiger partial charge in [0.1, 0.15) is 0 Å². The molecule has 0 saturated carbocycles. The van der Waals surface area contributed by atoms with E-state index in [9.17, 15) is 0 Å². The molecule has 25 heavy (non-hydrogen) atoms. The molecule has 1 nitrogen and oxygen atoms in total. The van der Waals surface area contributed by atoms with Gasteiger partial charge >= 0.3 is 151 Å². The Balaban J connectivity index is 0.000000911. The van der Waals surface area contributed by atoms with Crippen LogP contribution in [0.2, 0.25) is 0 Å². The van der Waals surface area contributed by atoms with Crippen LogP contribution >= 0.6 is 0 Å². The van der Waals surface area contributed by atoms with Gasteiger partial charge in [0.15, 0.2) is 0 Å². The quantitative estimate of drug-likeness (QED) is 0.457. The van der Waals surface area contributed by atoms with Gasteiger partial charge in [-0.1, -0.05) is 0 Å². The van der Waals surface area contributed by atoms with Gasteiger partial charge in [-0.3, -0.25) is 0 Å². The topological polar surface area (TPSA) is 4.93 Å². The summed E-state index contributed by atoms with van der Waals surface area (Å²) in [5.41, 5.74) is 8.67. The van der Waals surface area contributed by atoms with Crippen molar-refractivity contribution in [2.75, 3.05) is 0 Å². The zero-order valence-electron chi connectivity index (χ0n) is 13.8. The number of hydrogen-bond acceptors (Lipinski definition) is 0. The first-order chi connectivity index (χ1) is 11.3. The van der Waals surface area contributed by atoms with E-state index in [4.69, 9.17) is 0 Å². The van der Waals surface area contributed by atoms with Crippen LogP contribution in [0.25, 0.3) is 22.0 Å². The molecule has 2 aromatic carbocycles. The molecule has 0 bridgehead atoms. The van der Waals surface area contributed by atoms with Crippen molar-refractivity contribution in [1.82, 2.24) is 4.57 Å². The smallest absolute Gasteiger partial charge is 1.00 e. The van der Waals surface area contributed by atoms with E-state index < -0.39 is 0 Å². The van der Waals surface area contributed by atoms with Crippen LogP contribution < -0.4 is 24.8 Å². The average molecular weight is 444 g/mol. The van der Waals surface area contributed by atoms with Crippen LogP contribution in [-0.2, 0) is 31.8 Å². The number of fused-ring (bicyclic) bond motifs is 5. The Kier molecular flexibility index (Phi) is 5.17. The molecule has 0 saturated heterocycles. The Morgan fingerprint density at radius 2 is 1.72 bits per heavy atom. The van der Waals surface area contributed by atoms with Crippen molar-refractivity contribution in [2.45, 2.75) is 12.3 Å². The Bertz CT molecular complexity index is 1030. The minimum absolute atomic E-state index is 0. The van der Waals surface area contributed by atoms with Gasteiger partial charge in [0.05, 0.1) is 0 Å². The Morgan fingerprint density at radius 3 is 2.48 bits per heavy atom. The minimum atomic E-state index is 0. The maximum absolute atomic E-state index is 2.41. The van der Waals surface area contributed by atoms with E-state index in [0.717, 1.165) is 6.42 Å². The maximum atomic E-state index is 2.41. The van der Waals surface area contributed by atoms with Crippen molar-refractivity contribution in [3.8, 4) is 11.1 Å². The number of aryl methyl sites for hydroxylation is 1. The second-order valence-electron chi connectivity index (χ2n) is 6.40. The third-order valence-electron chi connectivity index (χ3n) is 5.25. The Hall–Kier alpha value is -1.08. The number of rotatable bonds is 1. The third kappa shape index (κ3) is 2.53. The Morgan fingerprint density at radius 1 is 1.00 bits per heavy atom. The summed E-state index contributed by atoms with van der Waals surface area (Å²) in [6.45, 7) is 0. The molecule has 1 aromatic heterocycles. The molecule has 2 aliphatic carbocycles. The van der Waals surface area contributed by atoms with Crippen LogP contribution in [0.3, 0.4) is 0 Å². The fraction of sp³-hybridized carbons (Fsp3) is 0.143. The number of aromatic nitrogens is 1. The number of halogens is 2. The van der Waals surface area contributed by atoms with Gasteiger partial charge in [0, 0.05) is 0 Å². The molecule has 1 unspecified atom stereocenters. The van der Waals surface area contributed by atoms with Gasteiger partial charge in [-0.2, -0.15) is 0 Å². The standard InChI is InChI=1S/C21H16N.2ClH.Zr/c1-22-18-13-7-6-12-17(18)20-16-11-5-4-10-15(16)19(21(20)22)14-8-2-3-9-14;;;/h2,4-8,10-13,19H,3H2,1H3;2*1H;/q;;;+2/p-2. The summed E-state index contributed by atoms with van der Waals surface area (Å²) in [7, 11) is 2.22. The maximum Gasteiger partial charge on any atom is -1.00 e. The summed E-state index contributed by atoms with van der Waals surface area (Å²) in [6.07, 6.45) is 5.81. The van der Waals surface area contributed by atoms with Crippen molar-refractivity contribution in [3.63, 3.8) is 0 Å². The summed E-state index contributed by atoms with van der Waals surface area (Å²) in [5, 5.41) is 1.38. The zero-order valence-corrected chi connectivity index (χ0v) is 17.7. The zero-order chi connectivity index (χ0) is 15.6. The molecule has 1 atom stereocenters. The third-order valence-corrected chi connectivity index (χ3v) is 6.46. The molecular weight excluding hydrogens is 428 g/mol. The molecule has 0 aliphatic heterocycles. The first-order valence-corrected chi connectivity index (χ1v) is 9.28. The summed E-state index contributed by atoms with van der Waals surface area (Å²) in [6, 6.07) is 17.8. The molecule has 123 valence electrons. The first-order valence-electron chi connectivity index (χ1n) is 8.05. The van der Waals surface area contributed by atoms with Gasteiger partial charge in [-0.05, 0) is 0 Å². The summed E-state index contributed by atoms with van der Waals surface area (Å²) in [4.78, 5) is 0. The van der Waals surface area contributed by atoms with Crippen LogP contribution in [0.1, 0.15) is 23.6 Å². The van der Waals surface area contributed by atoms with Crippen molar-refractivity contribution in [1.29, 1.82) is 0 Å². The van der Waals surface area contributed by atoms with E-state index in [0.29, 0.717) is 5.92 Å². The largest absolute Gasteiger partial charge is 1.00 e. The second-order valence-corrected chi connectivity index (χ2v) is 7.88. The van der Waals surface area contributed by atoms with Gasteiger partial charge in [-0.25, -0.2) is 0 Å². The average Bonchev–Trinajstić information content (AvgIpc) is 3.22. The first kappa shape index (κ1) is 18.7. The number of benzene rings is 2. The van der Waals surface area contributed by atoms with Gasteiger partial charge in [0.25, 0.3) is 0 Å². The van der Waals surface area contributed by atoms with Crippen LogP contribution in [0.5, 0.6) is 0 Å². The predicted molar refractivity (Wildman–Crippen MR) is 91.0 cm³/mol. The van der Waals surface area contributed by atoms with Crippen molar-refractivity contribution < 1.29 is 49.5 Å². The molecule has 4 heteroatoms. The van der Waals surface area contributed by atoms with Gasteiger partial charge < -0.3 is 24.8 Å². The van der Waals surface area contributed by atoms with Crippen molar-refractivity contribution >= 4 is 10.9 Å². The summed E-state index contributed by atoms with van der Waals surface area (Å²) < 4.78 is 4.01. The van der Waals surface area contributed by atoms with Crippen LogP contribution in [-0.4, -0.2) is 4.57 Å². The fourth-order valence-corrected chi connectivity index (χ4v) is 5.11. The second kappa shape index (κ2) is 6.91. The van der Waals surface area contributed by atoms with E-state index >= 15 is 0 Å². The van der Waals surface area contributed by atoms with Crippen molar-refractivity contribution in [3.05, 3.63) is 80.8 Å². The molecule has 5 rings (SSSR count). The van der Waals surface area contributed by atoms with Crippen LogP contribution in [0.4, 0.5) is 0 Å². The van der Waals surface area contributed by atoms with E-state index in [2.05, 4.69) is 72.3 Å². The van der Waals surface area contributed by atoms with Gasteiger partial charge in [0.2, 0.25) is 0 Å². The predicted octanol–water partition coefficient (Wildman–Crippen LogP) is -0.941. The Labute approximate surface area is 175 Å². The number of para-hydroxylation sites is 1. The summed E-state index contributed by atoms with van der Waals surface area (Å²) >= 11 is 1.55. The van der Waals surface area contributed by atoms with Crippen LogP contribution in [0.15, 0.2) is 69.5 Å². The number of allylic oxidation sites excluding steroid dienone is 4. The minimum Gasteiger partial charge on any atom is -1.00 e. The fourth-order valence-electron chi connectivity index (χ4n) is 4.27. The molecule has 0 spiro atoms. The van der Waals surface area contributed by atoms with Crippen molar-refractivity contribution in [2.24, 2.45) is 7.05 Å². The molecule has 2 aliphatic rings. The van der Waals surface area contributed by atoms with E-state index in [-0.39, 0.29) is 24.8 Å². The number of hydrogen-bond donors (Lipinski definition) is 0. The molecule has 3 aromatic rings. The van der Waals surface area contributed by atoms with Crippen LogP contribution in [0, 0.1) is 0 Å². The van der Waals surface area contributed by atoms with Gasteiger partial charge in [-0.15, -0.1) is 0 Å². The van der Waals surface area contributed by atoms with E-state index in [1.165, 1.54) is 38.9 Å². The summed E-state index contributed by atoms with van der Waals surface area (Å²) in [5.74, 6) is 0.395. The normalized spacial score (nSPS) is 17.3. The SMILES string of the molecule is Cn1c2c(c3ccccc31)-c1ccccc1C2C1=[C]([Zr+2])CC=C1.[Cl-].[Cl-]. The molecule has 0 amide bonds.